The highest BCUT2D eigenvalue weighted by atomic mass is 32.1. The summed E-state index contributed by atoms with van der Waals surface area (Å²) in [5, 5.41) is 3.03. The summed E-state index contributed by atoms with van der Waals surface area (Å²) in [5.41, 5.74) is 2.25. The molecule has 10 heteroatoms. The van der Waals surface area contributed by atoms with Crippen LogP contribution in [0.1, 0.15) is 32.3 Å². The van der Waals surface area contributed by atoms with Crippen LogP contribution in [0.25, 0.3) is 10.6 Å². The van der Waals surface area contributed by atoms with E-state index in [1.807, 2.05) is 56.6 Å². The number of allylic oxidation sites excluding steroid dienone is 1. The fraction of sp³-hybridized carbons (Fsp3) is 0.286. The lowest BCUT2D eigenvalue weighted by atomic mass is 10.0. The number of aliphatic imine (C=N–C) groups is 1. The number of carbonyl (C=O) groups excluding carboxylic acids is 2. The minimum Gasteiger partial charge on any atom is -0.440 e. The quantitative estimate of drug-likeness (QED) is 0.497. The van der Waals surface area contributed by atoms with Crippen molar-refractivity contribution in [2.45, 2.75) is 19.4 Å². The number of hydrogen-bond donors (Lipinski definition) is 1. The van der Waals surface area contributed by atoms with Gasteiger partial charge in [0.2, 0.25) is 5.96 Å². The first-order valence-corrected chi connectivity index (χ1v) is 13.2. The summed E-state index contributed by atoms with van der Waals surface area (Å²) >= 11 is 1.34. The van der Waals surface area contributed by atoms with Crippen LogP contribution in [0.15, 0.2) is 81.6 Å². The van der Waals surface area contributed by atoms with Crippen LogP contribution in [0.5, 0.6) is 0 Å². The van der Waals surface area contributed by atoms with E-state index < -0.39 is 0 Å². The number of amides is 2. The summed E-state index contributed by atoms with van der Waals surface area (Å²) in [6, 6.07) is 12.8. The summed E-state index contributed by atoms with van der Waals surface area (Å²) in [6.07, 6.45) is 6.33. The Hall–Kier alpha value is -4.02. The smallest absolute Gasteiger partial charge is 0.268 e. The van der Waals surface area contributed by atoms with Crippen molar-refractivity contribution >= 4 is 29.1 Å². The van der Waals surface area contributed by atoms with E-state index in [0.717, 1.165) is 22.8 Å². The number of guanidine groups is 1. The van der Waals surface area contributed by atoms with Gasteiger partial charge in [-0.15, -0.1) is 11.3 Å². The van der Waals surface area contributed by atoms with Crippen LogP contribution in [0.2, 0.25) is 0 Å². The monoisotopic (exact) mass is 530 g/mol. The van der Waals surface area contributed by atoms with Gasteiger partial charge in [-0.25, -0.2) is 9.98 Å². The van der Waals surface area contributed by atoms with Crippen LogP contribution in [0, 0.1) is 6.92 Å². The first-order valence-electron chi connectivity index (χ1n) is 12.4. The van der Waals surface area contributed by atoms with Gasteiger partial charge in [-0.3, -0.25) is 14.9 Å². The summed E-state index contributed by atoms with van der Waals surface area (Å²) in [4.78, 5) is 42.4. The van der Waals surface area contributed by atoms with Crippen molar-refractivity contribution < 1.29 is 14.0 Å². The standard InChI is InChI=1S/C28H30N6O3S/c1-18-29-17-23(37-18)24-12-13-25(38-24)26(35)31-28-30-21-16-20(10-11-22(21)34(28)15-14-32(2)3)33(4)27(36)19-8-6-5-7-9-19/h5-10,12-13,16-17,22H,11,14-15H2,1-4H3,(H,30,31,35). The molecule has 0 radical (unpaired) electrons. The normalized spacial score (nSPS) is 16.6. The molecule has 1 atom stereocenters. The predicted octanol–water partition coefficient (Wildman–Crippen LogP) is 3.99. The molecule has 1 N–H and O–H groups in total. The third-order valence-corrected chi connectivity index (χ3v) is 7.59. The molecule has 0 saturated heterocycles. The molecule has 2 aromatic heterocycles. The molecule has 3 heterocycles. The summed E-state index contributed by atoms with van der Waals surface area (Å²) in [5.74, 6) is 1.43. The summed E-state index contributed by atoms with van der Waals surface area (Å²) in [7, 11) is 5.81. The molecule has 1 aromatic carbocycles. The maximum Gasteiger partial charge on any atom is 0.268 e. The molecule has 1 aliphatic heterocycles. The number of benzene rings is 1. The molecule has 2 aliphatic rings. The van der Waals surface area contributed by atoms with Crippen molar-refractivity contribution in [3.8, 4) is 10.6 Å². The fourth-order valence-corrected chi connectivity index (χ4v) is 5.26. The van der Waals surface area contributed by atoms with E-state index >= 15 is 0 Å². The summed E-state index contributed by atoms with van der Waals surface area (Å²) < 4.78 is 5.60. The Kier molecular flexibility index (Phi) is 7.26. The van der Waals surface area contributed by atoms with Crippen LogP contribution in [-0.4, -0.2) is 77.7 Å². The molecule has 0 fully saturated rings. The highest BCUT2D eigenvalue weighted by molar-refractivity contribution is 7.17. The highest BCUT2D eigenvalue weighted by Gasteiger charge is 2.35. The lowest BCUT2D eigenvalue weighted by molar-refractivity contribution is 0.0838. The number of likely N-dealkylation sites (N-methyl/N-ethyl adjacent to an activating group) is 2. The third kappa shape index (κ3) is 5.32. The topological polar surface area (TPSA) is 94.3 Å². The van der Waals surface area contributed by atoms with Crippen LogP contribution in [0.3, 0.4) is 0 Å². The summed E-state index contributed by atoms with van der Waals surface area (Å²) in [6.45, 7) is 3.29. The van der Waals surface area contributed by atoms with E-state index in [9.17, 15) is 9.59 Å². The number of nitrogens with zero attached hydrogens (tertiary/aromatic N) is 5. The molecule has 196 valence electrons. The van der Waals surface area contributed by atoms with Crippen LogP contribution < -0.4 is 5.32 Å². The molecule has 5 rings (SSSR count). The Morgan fingerprint density at radius 3 is 2.66 bits per heavy atom. The van der Waals surface area contributed by atoms with E-state index in [4.69, 9.17) is 9.41 Å². The van der Waals surface area contributed by atoms with Gasteiger partial charge < -0.3 is 19.1 Å². The minimum atomic E-state index is -0.227. The SMILES string of the molecule is Cc1ncc(-c2ccc(C(=O)NC3=NC4=CC(N(C)C(=O)c5ccccc5)=CCC4N3CCN(C)C)s2)o1. The van der Waals surface area contributed by atoms with Crippen molar-refractivity contribution in [1.29, 1.82) is 0 Å². The van der Waals surface area contributed by atoms with Crippen molar-refractivity contribution in [2.24, 2.45) is 4.99 Å². The van der Waals surface area contributed by atoms with Crippen LogP contribution in [-0.2, 0) is 0 Å². The molecule has 2 amide bonds. The Morgan fingerprint density at radius 1 is 1.16 bits per heavy atom. The highest BCUT2D eigenvalue weighted by Crippen LogP contribution is 2.32. The van der Waals surface area contributed by atoms with Gasteiger partial charge in [0.1, 0.15) is 0 Å². The molecule has 1 unspecified atom stereocenters. The second-order valence-corrected chi connectivity index (χ2v) is 10.6. The number of hydrogen-bond acceptors (Lipinski definition) is 8. The van der Waals surface area contributed by atoms with Gasteiger partial charge in [-0.1, -0.05) is 24.3 Å². The first kappa shape index (κ1) is 25.6. The number of rotatable bonds is 7. The lowest BCUT2D eigenvalue weighted by Gasteiger charge is -2.31. The predicted molar refractivity (Wildman–Crippen MR) is 148 cm³/mol. The molecule has 0 spiro atoms. The molecule has 0 saturated carbocycles. The Bertz CT molecular complexity index is 1440. The Balaban J connectivity index is 1.36. The fourth-order valence-electron chi connectivity index (χ4n) is 4.41. The second kappa shape index (κ2) is 10.8. The van der Waals surface area contributed by atoms with Crippen molar-refractivity contribution in [2.75, 3.05) is 34.2 Å². The third-order valence-electron chi connectivity index (χ3n) is 6.49. The zero-order valence-electron chi connectivity index (χ0n) is 21.8. The number of oxazole rings is 1. The lowest BCUT2D eigenvalue weighted by Crippen LogP contribution is -2.47. The molecular weight excluding hydrogens is 500 g/mol. The van der Waals surface area contributed by atoms with Gasteiger partial charge in [-0.05, 0) is 50.9 Å². The molecule has 9 nitrogen and oxygen atoms in total. The van der Waals surface area contributed by atoms with Gasteiger partial charge in [-0.2, -0.15) is 0 Å². The van der Waals surface area contributed by atoms with E-state index in [0.29, 0.717) is 41.0 Å². The van der Waals surface area contributed by atoms with Gasteiger partial charge >= 0.3 is 0 Å². The average Bonchev–Trinajstić information content (AvgIpc) is 3.65. The largest absolute Gasteiger partial charge is 0.440 e. The van der Waals surface area contributed by atoms with Crippen molar-refractivity contribution in [1.82, 2.24) is 25.0 Å². The number of thiophene rings is 1. The molecule has 38 heavy (non-hydrogen) atoms. The Labute approximate surface area is 225 Å². The molecule has 1 aliphatic carbocycles. The zero-order valence-corrected chi connectivity index (χ0v) is 22.7. The van der Waals surface area contributed by atoms with E-state index in [-0.39, 0.29) is 17.9 Å². The van der Waals surface area contributed by atoms with E-state index in [1.54, 1.807) is 31.1 Å². The first-order chi connectivity index (χ1) is 18.3. The average molecular weight is 531 g/mol. The van der Waals surface area contributed by atoms with Gasteiger partial charge in [0.25, 0.3) is 11.8 Å². The van der Waals surface area contributed by atoms with Gasteiger partial charge in [0.05, 0.1) is 27.7 Å². The minimum absolute atomic E-state index is 0.00899. The second-order valence-electron chi connectivity index (χ2n) is 9.47. The maximum absolute atomic E-state index is 13.2. The van der Waals surface area contributed by atoms with Crippen LogP contribution in [0.4, 0.5) is 0 Å². The van der Waals surface area contributed by atoms with Crippen molar-refractivity contribution in [3.05, 3.63) is 88.5 Å². The molecule has 0 bridgehead atoms. The maximum atomic E-state index is 13.2. The molecular formula is C28H30N6O3S. The van der Waals surface area contributed by atoms with Gasteiger partial charge in [0.15, 0.2) is 11.7 Å². The van der Waals surface area contributed by atoms with E-state index in [1.165, 1.54) is 11.3 Å². The van der Waals surface area contributed by atoms with Crippen LogP contribution >= 0.6 is 11.3 Å². The number of nitrogens with one attached hydrogen (secondary N) is 1. The zero-order chi connectivity index (χ0) is 26.8. The van der Waals surface area contributed by atoms with E-state index in [2.05, 4.69) is 26.2 Å². The Morgan fingerprint density at radius 2 is 1.95 bits per heavy atom. The van der Waals surface area contributed by atoms with Crippen molar-refractivity contribution in [3.63, 3.8) is 0 Å². The number of aromatic nitrogens is 1. The number of aryl methyl sites for hydroxylation is 1. The molecule has 3 aromatic rings. The number of fused-ring (bicyclic) bond motifs is 1. The number of carbonyl (C=O) groups is 2. The van der Waals surface area contributed by atoms with Gasteiger partial charge in [0, 0.05) is 38.3 Å².